The van der Waals surface area contributed by atoms with Crippen molar-refractivity contribution in [3.8, 4) is 40.6 Å². The van der Waals surface area contributed by atoms with E-state index in [2.05, 4.69) is 30.1 Å². The number of amides is 1. The fourth-order valence-electron chi connectivity index (χ4n) is 10.5. The number of carbonyl (C=O) groups is 2. The van der Waals surface area contributed by atoms with Gasteiger partial charge in [-0.3, -0.25) is 4.79 Å². The Morgan fingerprint density at radius 2 is 1.56 bits per heavy atom. The minimum Gasteiger partial charge on any atom is -0.508 e. The van der Waals surface area contributed by atoms with Gasteiger partial charge in [0.05, 0.1) is 5.56 Å². The third-order valence-electron chi connectivity index (χ3n) is 13.2. The third kappa shape index (κ3) is 5.18. The molecule has 2 heterocycles. The molecule has 1 spiro atoms. The lowest BCUT2D eigenvalue weighted by Gasteiger charge is -2.52. The smallest absolute Gasteiger partial charge is 0.340 e. The second-order valence-corrected chi connectivity index (χ2v) is 16.0. The van der Waals surface area contributed by atoms with E-state index in [1.54, 1.807) is 30.3 Å². The molecule has 0 bridgehead atoms. The summed E-state index contributed by atoms with van der Waals surface area (Å²) in [6.45, 7) is 2.68. The molecule has 9 nitrogen and oxygen atoms in total. The first-order valence-electron chi connectivity index (χ1n) is 19.1. The number of carbonyl (C=O) groups excluding carboxylic acids is 2. The predicted octanol–water partition coefficient (Wildman–Crippen LogP) is 7.56. The highest BCUT2D eigenvalue weighted by atomic mass is 16.6. The molecule has 276 valence electrons. The Bertz CT molecular complexity index is 2240. The minimum absolute atomic E-state index is 0.0255. The molecule has 4 aromatic carbocycles. The molecule has 54 heavy (non-hydrogen) atoms. The number of ether oxygens (including phenoxy) is 2. The van der Waals surface area contributed by atoms with Gasteiger partial charge in [0.15, 0.2) is 5.60 Å². The van der Waals surface area contributed by atoms with Gasteiger partial charge in [-0.15, -0.1) is 5.92 Å². The van der Waals surface area contributed by atoms with Gasteiger partial charge in [0, 0.05) is 52.8 Å². The highest BCUT2D eigenvalue weighted by Gasteiger charge is 2.61. The summed E-state index contributed by atoms with van der Waals surface area (Å²) in [5.74, 6) is 8.01. The zero-order chi connectivity index (χ0) is 37.4. The standard InChI is InChI=1S/C45H43NO8/c1-43-19-16-32-31-12-8-28(47)22-26(31)6-11-33(32)35(43)17-20-44(43,52)18-4-2-3-5-21-46-41(50)27-7-13-36-34(23-27)42(51)54-45(36)37-14-9-29(48)24-39(37)53-40-25-30(49)10-15-38(40)45/h7-10,12-15,22-25,32-33,35,47-49,52H,2-3,5-6,11,16-17,19-21H2,1H3,(H,46,50)/t32-,33-,35+,43+,44+/m1/s1. The Morgan fingerprint density at radius 3 is 2.31 bits per heavy atom. The number of aliphatic hydroxyl groups is 1. The number of hydrogen-bond acceptors (Lipinski definition) is 8. The molecule has 5 N–H and O–H groups in total. The molecule has 2 aliphatic heterocycles. The van der Waals surface area contributed by atoms with Gasteiger partial charge in [-0.1, -0.05) is 25.0 Å². The van der Waals surface area contributed by atoms with Crippen molar-refractivity contribution < 1.29 is 39.5 Å². The van der Waals surface area contributed by atoms with Crippen LogP contribution < -0.4 is 10.1 Å². The Morgan fingerprint density at radius 1 is 0.852 bits per heavy atom. The lowest BCUT2D eigenvalue weighted by Crippen LogP contribution is -2.50. The Balaban J connectivity index is 0.830. The Kier molecular flexibility index (Phi) is 7.98. The summed E-state index contributed by atoms with van der Waals surface area (Å²) in [4.78, 5) is 26.7. The number of rotatable bonds is 5. The van der Waals surface area contributed by atoms with Gasteiger partial charge in [0.25, 0.3) is 5.91 Å². The molecule has 0 radical (unpaired) electrons. The molecule has 0 unspecified atom stereocenters. The number of unbranched alkanes of at least 4 members (excludes halogenated alkanes) is 2. The lowest BCUT2D eigenvalue weighted by molar-refractivity contribution is -0.0648. The fraction of sp³-hybridized carbons (Fsp3) is 0.378. The molecular formula is C45H43NO8. The van der Waals surface area contributed by atoms with Crippen LogP contribution in [0.25, 0.3) is 0 Å². The molecule has 4 aromatic rings. The van der Waals surface area contributed by atoms with Gasteiger partial charge < -0.3 is 35.2 Å². The summed E-state index contributed by atoms with van der Waals surface area (Å²) in [6, 6.07) is 19.9. The normalized spacial score (nSPS) is 26.4. The van der Waals surface area contributed by atoms with Gasteiger partial charge in [-0.05, 0) is 129 Å². The zero-order valence-corrected chi connectivity index (χ0v) is 30.2. The van der Waals surface area contributed by atoms with Crippen LogP contribution in [0.15, 0.2) is 72.8 Å². The maximum atomic E-state index is 13.4. The zero-order valence-electron chi connectivity index (χ0n) is 30.2. The van der Waals surface area contributed by atoms with Gasteiger partial charge in [-0.2, -0.15) is 0 Å². The third-order valence-corrected chi connectivity index (χ3v) is 13.2. The van der Waals surface area contributed by atoms with E-state index in [0.717, 1.165) is 38.5 Å². The van der Waals surface area contributed by atoms with Crippen molar-refractivity contribution in [2.75, 3.05) is 6.54 Å². The van der Waals surface area contributed by atoms with Gasteiger partial charge in [-0.25, -0.2) is 4.79 Å². The van der Waals surface area contributed by atoms with Crippen molar-refractivity contribution in [3.05, 3.63) is 112 Å². The molecule has 0 saturated heterocycles. The molecule has 5 aliphatic rings. The fourth-order valence-corrected chi connectivity index (χ4v) is 10.5. The van der Waals surface area contributed by atoms with Crippen molar-refractivity contribution >= 4 is 11.9 Å². The molecule has 2 fully saturated rings. The molecule has 3 aliphatic carbocycles. The first kappa shape index (κ1) is 34.3. The maximum Gasteiger partial charge on any atom is 0.340 e. The summed E-state index contributed by atoms with van der Waals surface area (Å²) in [5.41, 5.74) is 2.17. The lowest BCUT2D eigenvalue weighted by atomic mass is 9.53. The quantitative estimate of drug-likeness (QED) is 0.0806. The largest absolute Gasteiger partial charge is 0.508 e. The van der Waals surface area contributed by atoms with Crippen molar-refractivity contribution in [1.29, 1.82) is 0 Å². The number of esters is 1. The Labute approximate surface area is 314 Å². The average molecular weight is 726 g/mol. The van der Waals surface area contributed by atoms with Crippen LogP contribution in [-0.4, -0.2) is 44.4 Å². The van der Waals surface area contributed by atoms with Gasteiger partial charge in [0.1, 0.15) is 34.3 Å². The van der Waals surface area contributed by atoms with Crippen LogP contribution in [0.5, 0.6) is 28.7 Å². The topological polar surface area (TPSA) is 146 Å². The molecule has 5 atom stereocenters. The van der Waals surface area contributed by atoms with Gasteiger partial charge >= 0.3 is 5.97 Å². The molecule has 0 aromatic heterocycles. The van der Waals surface area contributed by atoms with Crippen LogP contribution in [0.2, 0.25) is 0 Å². The number of phenols is 3. The second kappa shape index (κ2) is 12.6. The van der Waals surface area contributed by atoms with Crippen molar-refractivity contribution in [1.82, 2.24) is 5.32 Å². The second-order valence-electron chi connectivity index (χ2n) is 16.0. The first-order chi connectivity index (χ1) is 26.0. The monoisotopic (exact) mass is 725 g/mol. The summed E-state index contributed by atoms with van der Waals surface area (Å²) in [6.07, 6.45) is 7.79. The van der Waals surface area contributed by atoms with E-state index in [1.807, 2.05) is 12.1 Å². The molecule has 9 rings (SSSR count). The van der Waals surface area contributed by atoms with Gasteiger partial charge in [0.2, 0.25) is 0 Å². The van der Waals surface area contributed by atoms with E-state index in [0.29, 0.717) is 71.6 Å². The van der Waals surface area contributed by atoms with Crippen LogP contribution >= 0.6 is 0 Å². The predicted molar refractivity (Wildman–Crippen MR) is 200 cm³/mol. The van der Waals surface area contributed by atoms with E-state index < -0.39 is 17.2 Å². The highest BCUT2D eigenvalue weighted by molar-refractivity contribution is 6.01. The van der Waals surface area contributed by atoms with Crippen LogP contribution in [0.3, 0.4) is 0 Å². The van der Waals surface area contributed by atoms with E-state index in [1.165, 1.54) is 35.4 Å². The van der Waals surface area contributed by atoms with Crippen molar-refractivity contribution in [2.45, 2.75) is 81.8 Å². The number of aryl methyl sites for hydroxylation is 1. The first-order valence-corrected chi connectivity index (χ1v) is 19.1. The minimum atomic E-state index is -1.39. The number of fused-ring (bicyclic) bond motifs is 11. The molecule has 2 saturated carbocycles. The summed E-state index contributed by atoms with van der Waals surface area (Å²) >= 11 is 0. The number of nitrogens with one attached hydrogen (secondary N) is 1. The van der Waals surface area contributed by atoms with Crippen molar-refractivity contribution in [2.24, 2.45) is 17.3 Å². The van der Waals surface area contributed by atoms with E-state index in [-0.39, 0.29) is 39.9 Å². The van der Waals surface area contributed by atoms with E-state index >= 15 is 0 Å². The average Bonchev–Trinajstić information content (AvgIpc) is 3.59. The number of phenolic OH excluding ortho intramolecular Hbond substituents is 3. The SMILES string of the molecule is C[C@]12CC[C@@H]3c4ccc(O)cc4CC[C@H]3[C@@H]1CC[C@@]2(O)C#CCCCCNC(=O)c1ccc2c(c1)C(=O)OC21c2ccc(O)cc2Oc2cc(O)ccc21. The van der Waals surface area contributed by atoms with Crippen LogP contribution in [0, 0.1) is 29.1 Å². The van der Waals surface area contributed by atoms with Crippen LogP contribution in [0.1, 0.15) is 113 Å². The summed E-state index contributed by atoms with van der Waals surface area (Å²) in [7, 11) is 0. The summed E-state index contributed by atoms with van der Waals surface area (Å²) in [5, 5.41) is 45.2. The molecular weight excluding hydrogens is 682 g/mol. The van der Waals surface area contributed by atoms with E-state index in [9.17, 15) is 30.0 Å². The van der Waals surface area contributed by atoms with Crippen LogP contribution in [-0.2, 0) is 16.8 Å². The Hall–Kier alpha value is -5.46. The molecule has 9 heteroatoms. The maximum absolute atomic E-state index is 13.4. The number of hydrogen-bond donors (Lipinski definition) is 5. The summed E-state index contributed by atoms with van der Waals surface area (Å²) < 4.78 is 12.1. The van der Waals surface area contributed by atoms with Crippen LogP contribution in [0.4, 0.5) is 0 Å². The highest BCUT2D eigenvalue weighted by Crippen LogP contribution is 2.64. The van der Waals surface area contributed by atoms with E-state index in [4.69, 9.17) is 9.47 Å². The number of aromatic hydroxyl groups is 3. The van der Waals surface area contributed by atoms with Crippen molar-refractivity contribution in [3.63, 3.8) is 0 Å². The molecule has 1 amide bonds. The number of benzene rings is 4.